The Morgan fingerprint density at radius 3 is 2.95 bits per heavy atom. The van der Waals surface area contributed by atoms with Gasteiger partial charge in [0, 0.05) is 12.6 Å². The molecule has 4 nitrogen and oxygen atoms in total. The Labute approximate surface area is 111 Å². The maximum absolute atomic E-state index is 10.4. The zero-order chi connectivity index (χ0) is 13.2. The van der Waals surface area contributed by atoms with Crippen LogP contribution in [0.25, 0.3) is 0 Å². The maximum atomic E-state index is 10.4. The standard InChI is InChI=1S/C15H15NO3/c1-18-12-7-4-8-16-14(12)15(17)13-9-10-5-2-3-6-11(10)19-13/h2-8,13,15,17H,9H2,1H3. The minimum atomic E-state index is -0.802. The molecule has 0 spiro atoms. The molecule has 2 heterocycles. The van der Waals surface area contributed by atoms with Crippen molar-refractivity contribution in [3.05, 3.63) is 53.9 Å². The van der Waals surface area contributed by atoms with E-state index < -0.39 is 6.10 Å². The summed E-state index contributed by atoms with van der Waals surface area (Å²) in [7, 11) is 1.57. The molecule has 1 aliphatic heterocycles. The van der Waals surface area contributed by atoms with Gasteiger partial charge in [0.15, 0.2) is 0 Å². The first-order valence-corrected chi connectivity index (χ1v) is 6.21. The van der Waals surface area contributed by atoms with E-state index in [4.69, 9.17) is 9.47 Å². The lowest BCUT2D eigenvalue weighted by Gasteiger charge is -2.19. The highest BCUT2D eigenvalue weighted by molar-refractivity contribution is 5.39. The van der Waals surface area contributed by atoms with E-state index in [2.05, 4.69) is 4.98 Å². The Balaban J connectivity index is 1.85. The topological polar surface area (TPSA) is 51.6 Å². The molecular weight excluding hydrogens is 242 g/mol. The summed E-state index contributed by atoms with van der Waals surface area (Å²) in [5, 5.41) is 10.4. The molecule has 2 unspecified atom stereocenters. The van der Waals surface area contributed by atoms with Crippen LogP contribution in [0, 0.1) is 0 Å². The molecule has 0 radical (unpaired) electrons. The van der Waals surface area contributed by atoms with Crippen molar-refractivity contribution in [3.8, 4) is 11.5 Å². The molecule has 0 saturated carbocycles. The van der Waals surface area contributed by atoms with Gasteiger partial charge < -0.3 is 14.6 Å². The van der Waals surface area contributed by atoms with Crippen molar-refractivity contribution in [1.82, 2.24) is 4.98 Å². The van der Waals surface area contributed by atoms with Gasteiger partial charge in [0.1, 0.15) is 29.4 Å². The molecule has 4 heteroatoms. The van der Waals surface area contributed by atoms with Crippen molar-refractivity contribution < 1.29 is 14.6 Å². The third kappa shape index (κ3) is 2.15. The molecule has 3 rings (SSSR count). The summed E-state index contributed by atoms with van der Waals surface area (Å²) in [5.41, 5.74) is 1.63. The van der Waals surface area contributed by atoms with Gasteiger partial charge in [-0.25, -0.2) is 0 Å². The van der Waals surface area contributed by atoms with Gasteiger partial charge >= 0.3 is 0 Å². The Morgan fingerprint density at radius 2 is 2.16 bits per heavy atom. The SMILES string of the molecule is COc1cccnc1C(O)C1Cc2ccccc2O1. The molecule has 19 heavy (non-hydrogen) atoms. The summed E-state index contributed by atoms with van der Waals surface area (Å²) in [5.74, 6) is 1.41. The Hall–Kier alpha value is -2.07. The third-order valence-electron chi connectivity index (χ3n) is 3.32. The summed E-state index contributed by atoms with van der Waals surface area (Å²) in [4.78, 5) is 4.20. The average molecular weight is 257 g/mol. The fraction of sp³-hybridized carbons (Fsp3) is 0.267. The molecule has 1 aromatic heterocycles. The average Bonchev–Trinajstić information content (AvgIpc) is 2.90. The quantitative estimate of drug-likeness (QED) is 0.915. The molecule has 2 atom stereocenters. The number of ether oxygens (including phenoxy) is 2. The van der Waals surface area contributed by atoms with E-state index in [1.165, 1.54) is 0 Å². The van der Waals surface area contributed by atoms with Crippen LogP contribution >= 0.6 is 0 Å². The van der Waals surface area contributed by atoms with Crippen molar-refractivity contribution in [2.45, 2.75) is 18.6 Å². The van der Waals surface area contributed by atoms with Crippen LogP contribution in [0.3, 0.4) is 0 Å². The van der Waals surface area contributed by atoms with Crippen LogP contribution in [-0.2, 0) is 6.42 Å². The minimum absolute atomic E-state index is 0.318. The minimum Gasteiger partial charge on any atom is -0.495 e. The zero-order valence-electron chi connectivity index (χ0n) is 10.6. The van der Waals surface area contributed by atoms with E-state index in [0.29, 0.717) is 17.9 Å². The number of rotatable bonds is 3. The summed E-state index contributed by atoms with van der Waals surface area (Å²) >= 11 is 0. The summed E-state index contributed by atoms with van der Waals surface area (Å²) in [6.07, 6.45) is 1.20. The lowest BCUT2D eigenvalue weighted by atomic mass is 10.0. The van der Waals surface area contributed by atoms with E-state index in [9.17, 15) is 5.11 Å². The Kier molecular flexibility index (Phi) is 3.09. The van der Waals surface area contributed by atoms with Crippen molar-refractivity contribution >= 4 is 0 Å². The van der Waals surface area contributed by atoms with Crippen LogP contribution in [0.1, 0.15) is 17.4 Å². The molecule has 0 amide bonds. The summed E-state index contributed by atoms with van der Waals surface area (Å²) < 4.78 is 11.0. The number of aromatic nitrogens is 1. The van der Waals surface area contributed by atoms with Crippen molar-refractivity contribution in [2.75, 3.05) is 7.11 Å². The van der Waals surface area contributed by atoms with Gasteiger partial charge in [-0.2, -0.15) is 0 Å². The van der Waals surface area contributed by atoms with Crippen LogP contribution < -0.4 is 9.47 Å². The maximum Gasteiger partial charge on any atom is 0.143 e. The van der Waals surface area contributed by atoms with Gasteiger partial charge in [-0.15, -0.1) is 0 Å². The normalized spacial score (nSPS) is 18.5. The van der Waals surface area contributed by atoms with Crippen LogP contribution in [0.2, 0.25) is 0 Å². The van der Waals surface area contributed by atoms with E-state index in [1.54, 1.807) is 25.4 Å². The number of hydrogen-bond donors (Lipinski definition) is 1. The van der Waals surface area contributed by atoms with E-state index >= 15 is 0 Å². The second-order valence-corrected chi connectivity index (χ2v) is 4.50. The highest BCUT2D eigenvalue weighted by Gasteiger charge is 2.32. The first-order chi connectivity index (χ1) is 9.29. The van der Waals surface area contributed by atoms with Gasteiger partial charge in [-0.1, -0.05) is 18.2 Å². The molecule has 2 aromatic rings. The summed E-state index contributed by atoms with van der Waals surface area (Å²) in [6.45, 7) is 0. The number of para-hydroxylation sites is 1. The number of fused-ring (bicyclic) bond motifs is 1. The highest BCUT2D eigenvalue weighted by Crippen LogP contribution is 2.35. The highest BCUT2D eigenvalue weighted by atomic mass is 16.5. The fourth-order valence-corrected chi connectivity index (χ4v) is 2.36. The van der Waals surface area contributed by atoms with Crippen LogP contribution in [0.4, 0.5) is 0 Å². The molecule has 1 aromatic carbocycles. The van der Waals surface area contributed by atoms with Gasteiger partial charge in [0.05, 0.1) is 7.11 Å². The molecular formula is C15H15NO3. The van der Waals surface area contributed by atoms with Gasteiger partial charge in [0.25, 0.3) is 0 Å². The largest absolute Gasteiger partial charge is 0.495 e. The predicted octanol–water partition coefficient (Wildman–Crippen LogP) is 2.13. The smallest absolute Gasteiger partial charge is 0.143 e. The number of aliphatic hydroxyl groups is 1. The second-order valence-electron chi connectivity index (χ2n) is 4.50. The van der Waals surface area contributed by atoms with Crippen molar-refractivity contribution in [1.29, 1.82) is 0 Å². The number of benzene rings is 1. The van der Waals surface area contributed by atoms with Gasteiger partial charge in [-0.3, -0.25) is 4.98 Å². The molecule has 98 valence electrons. The number of nitrogens with zero attached hydrogens (tertiary/aromatic N) is 1. The lowest BCUT2D eigenvalue weighted by Crippen LogP contribution is -2.24. The Bertz CT molecular complexity index is 560. The van der Waals surface area contributed by atoms with Gasteiger partial charge in [-0.05, 0) is 23.8 Å². The number of hydrogen-bond acceptors (Lipinski definition) is 4. The molecule has 0 bridgehead atoms. The third-order valence-corrected chi connectivity index (χ3v) is 3.32. The van der Waals surface area contributed by atoms with Crippen LogP contribution in [0.5, 0.6) is 11.5 Å². The first-order valence-electron chi connectivity index (χ1n) is 6.21. The molecule has 0 aliphatic carbocycles. The van der Waals surface area contributed by atoms with Crippen LogP contribution in [0.15, 0.2) is 42.6 Å². The number of aliphatic hydroxyl groups excluding tert-OH is 1. The van der Waals surface area contributed by atoms with Gasteiger partial charge in [0.2, 0.25) is 0 Å². The van der Waals surface area contributed by atoms with Crippen molar-refractivity contribution in [3.63, 3.8) is 0 Å². The van der Waals surface area contributed by atoms with Crippen molar-refractivity contribution in [2.24, 2.45) is 0 Å². The molecule has 0 fully saturated rings. The first kappa shape index (κ1) is 12.0. The number of methoxy groups -OCH3 is 1. The van der Waals surface area contributed by atoms with Crippen LogP contribution in [-0.4, -0.2) is 23.3 Å². The van der Waals surface area contributed by atoms with E-state index in [-0.39, 0.29) is 6.10 Å². The fourth-order valence-electron chi connectivity index (χ4n) is 2.36. The van der Waals surface area contributed by atoms with E-state index in [0.717, 1.165) is 11.3 Å². The zero-order valence-corrected chi connectivity index (χ0v) is 10.6. The lowest BCUT2D eigenvalue weighted by molar-refractivity contribution is 0.0444. The predicted molar refractivity (Wildman–Crippen MR) is 70.3 cm³/mol. The Morgan fingerprint density at radius 1 is 1.32 bits per heavy atom. The molecule has 1 aliphatic rings. The van der Waals surface area contributed by atoms with E-state index in [1.807, 2.05) is 24.3 Å². The molecule has 0 saturated heterocycles. The monoisotopic (exact) mass is 257 g/mol. The number of pyridine rings is 1. The second kappa shape index (κ2) is 4.90. The summed E-state index contributed by atoms with van der Waals surface area (Å²) in [6, 6.07) is 11.4. The molecule has 1 N–H and O–H groups in total.